The van der Waals surface area contributed by atoms with Crippen molar-refractivity contribution >= 4 is 16.9 Å². The first kappa shape index (κ1) is 19.0. The number of benzene rings is 1. The summed E-state index contributed by atoms with van der Waals surface area (Å²) >= 11 is 0. The number of H-pyrrole nitrogens is 1. The molecule has 1 amide bonds. The molecule has 0 unspecified atom stereocenters. The van der Waals surface area contributed by atoms with Crippen LogP contribution < -0.4 is 11.1 Å². The smallest absolute Gasteiger partial charge is 0.352 e. The van der Waals surface area contributed by atoms with E-state index in [-0.39, 0.29) is 13.1 Å². The Morgan fingerprint density at radius 2 is 1.84 bits per heavy atom. The van der Waals surface area contributed by atoms with Gasteiger partial charge >= 0.3 is 12.4 Å². The summed E-state index contributed by atoms with van der Waals surface area (Å²) in [7, 11) is 0. The van der Waals surface area contributed by atoms with Crippen LogP contribution in [0, 0.1) is 5.92 Å². The van der Waals surface area contributed by atoms with Crippen molar-refractivity contribution in [3.8, 4) is 0 Å². The van der Waals surface area contributed by atoms with Gasteiger partial charge in [0, 0.05) is 13.0 Å². The highest BCUT2D eigenvalue weighted by Gasteiger charge is 2.57. The van der Waals surface area contributed by atoms with E-state index in [0.717, 1.165) is 0 Å². The molecule has 0 spiro atoms. The van der Waals surface area contributed by atoms with Gasteiger partial charge in [-0.2, -0.15) is 26.3 Å². The summed E-state index contributed by atoms with van der Waals surface area (Å²) in [5.41, 5.74) is 7.12. The van der Waals surface area contributed by atoms with E-state index < -0.39 is 30.6 Å². The van der Waals surface area contributed by atoms with Gasteiger partial charge in [-0.3, -0.25) is 4.79 Å². The molecule has 5 nitrogen and oxygen atoms in total. The molecular weight excluding hydrogens is 354 g/mol. The number of alkyl halides is 6. The van der Waals surface area contributed by atoms with Crippen molar-refractivity contribution in [2.24, 2.45) is 11.7 Å². The fourth-order valence-electron chi connectivity index (χ4n) is 2.19. The number of rotatable bonds is 5. The van der Waals surface area contributed by atoms with E-state index in [9.17, 15) is 31.1 Å². The molecule has 0 aliphatic carbocycles. The third-order valence-electron chi connectivity index (χ3n) is 3.46. The molecule has 4 N–H and O–H groups in total. The number of hydrogen-bond donors (Lipinski definition) is 3. The minimum atomic E-state index is -5.54. The van der Waals surface area contributed by atoms with E-state index in [2.05, 4.69) is 15.3 Å². The zero-order chi connectivity index (χ0) is 18.8. The maximum Gasteiger partial charge on any atom is 0.400 e. The summed E-state index contributed by atoms with van der Waals surface area (Å²) < 4.78 is 74.6. The fraction of sp³-hybridized carbons (Fsp3) is 0.429. The Morgan fingerprint density at radius 1 is 1.20 bits per heavy atom. The van der Waals surface area contributed by atoms with Gasteiger partial charge in [0.2, 0.25) is 5.91 Å². The molecule has 0 fully saturated rings. The highest BCUT2D eigenvalue weighted by atomic mass is 19.4. The van der Waals surface area contributed by atoms with Gasteiger partial charge in [0.1, 0.15) is 5.82 Å². The monoisotopic (exact) mass is 368 g/mol. The van der Waals surface area contributed by atoms with Gasteiger partial charge in [-0.1, -0.05) is 6.07 Å². The molecule has 0 aliphatic heterocycles. The quantitative estimate of drug-likeness (QED) is 0.710. The summed E-state index contributed by atoms with van der Waals surface area (Å²) in [5.74, 6) is -4.51. The van der Waals surface area contributed by atoms with Crippen molar-refractivity contribution < 1.29 is 31.1 Å². The second-order valence-electron chi connectivity index (χ2n) is 5.36. The van der Waals surface area contributed by atoms with Crippen molar-refractivity contribution in [1.82, 2.24) is 15.3 Å². The van der Waals surface area contributed by atoms with Crippen LogP contribution >= 0.6 is 0 Å². The first-order valence-corrected chi connectivity index (χ1v) is 7.08. The lowest BCUT2D eigenvalue weighted by molar-refractivity contribution is -0.284. The van der Waals surface area contributed by atoms with Crippen molar-refractivity contribution in [1.29, 1.82) is 0 Å². The third kappa shape index (κ3) is 4.84. The number of fused-ring (bicyclic) bond motifs is 1. The van der Waals surface area contributed by atoms with Gasteiger partial charge in [-0.05, 0) is 17.7 Å². The lowest BCUT2D eigenvalue weighted by Crippen LogP contribution is -2.40. The number of nitrogens with two attached hydrogens (primary N) is 1. The Bertz CT molecular complexity index is 738. The molecule has 2 aromatic rings. The van der Waals surface area contributed by atoms with Crippen LogP contribution in [0.1, 0.15) is 17.8 Å². The Morgan fingerprint density at radius 3 is 2.40 bits per heavy atom. The number of aromatic amines is 1. The van der Waals surface area contributed by atoms with Crippen LogP contribution in [0.2, 0.25) is 0 Å². The van der Waals surface area contributed by atoms with Crippen molar-refractivity contribution in [2.75, 3.05) is 0 Å². The minimum Gasteiger partial charge on any atom is -0.352 e. The maximum atomic E-state index is 12.4. The van der Waals surface area contributed by atoms with Gasteiger partial charge < -0.3 is 16.0 Å². The number of halogens is 6. The molecule has 11 heteroatoms. The van der Waals surface area contributed by atoms with E-state index in [1.807, 2.05) is 0 Å². The summed E-state index contributed by atoms with van der Waals surface area (Å²) in [5, 5.41) is 2.06. The van der Waals surface area contributed by atoms with Gasteiger partial charge in [-0.15, -0.1) is 0 Å². The predicted molar refractivity (Wildman–Crippen MR) is 76.0 cm³/mol. The van der Waals surface area contributed by atoms with Crippen LogP contribution in [0.3, 0.4) is 0 Å². The maximum absolute atomic E-state index is 12.4. The number of aromatic nitrogens is 2. The number of amides is 1. The predicted octanol–water partition coefficient (Wildman–Crippen LogP) is 2.77. The summed E-state index contributed by atoms with van der Waals surface area (Å²) in [4.78, 5) is 18.5. The normalized spacial score (nSPS) is 12.8. The van der Waals surface area contributed by atoms with Gasteiger partial charge in [0.05, 0.1) is 17.6 Å². The second-order valence-corrected chi connectivity index (χ2v) is 5.36. The van der Waals surface area contributed by atoms with Crippen LogP contribution in [-0.2, 0) is 17.9 Å². The van der Waals surface area contributed by atoms with Crippen LogP contribution in [-0.4, -0.2) is 28.2 Å². The molecule has 138 valence electrons. The lowest BCUT2D eigenvalue weighted by atomic mass is 10.0. The van der Waals surface area contributed by atoms with Crippen molar-refractivity contribution in [3.05, 3.63) is 29.6 Å². The van der Waals surface area contributed by atoms with Gasteiger partial charge in [0.15, 0.2) is 5.92 Å². The molecular formula is C14H14F6N4O. The fourth-order valence-corrected chi connectivity index (χ4v) is 2.19. The SMILES string of the molecule is NCc1nc2ccc(CNC(=O)CC(C(F)(F)F)C(F)(F)F)cc2[nH]1. The number of nitrogens with zero attached hydrogens (tertiary/aromatic N) is 1. The lowest BCUT2D eigenvalue weighted by Gasteiger charge is -2.22. The number of carbonyl (C=O) groups excluding carboxylic acids is 1. The number of imidazole rings is 1. The molecule has 2 rings (SSSR count). The van der Waals surface area contributed by atoms with E-state index in [0.29, 0.717) is 22.4 Å². The molecule has 0 atom stereocenters. The number of nitrogens with one attached hydrogen (secondary N) is 2. The molecule has 0 saturated carbocycles. The molecule has 1 heterocycles. The standard InChI is InChI=1S/C14H14F6N4O/c15-13(16,17)10(14(18,19)20)4-12(25)22-6-7-1-2-8-9(3-7)24-11(5-21)23-8/h1-3,10H,4-6,21H2,(H,22,25)(H,23,24). The zero-order valence-electron chi connectivity index (χ0n) is 12.6. The Balaban J connectivity index is 2.01. The molecule has 0 radical (unpaired) electrons. The van der Waals surface area contributed by atoms with E-state index in [1.165, 1.54) is 0 Å². The summed E-state index contributed by atoms with van der Waals surface area (Å²) in [6.07, 6.45) is -12.8. The zero-order valence-corrected chi connectivity index (χ0v) is 12.6. The average Bonchev–Trinajstić information content (AvgIpc) is 2.90. The van der Waals surface area contributed by atoms with Gasteiger partial charge in [0.25, 0.3) is 0 Å². The summed E-state index contributed by atoms with van der Waals surface area (Å²) in [6, 6.07) is 4.72. The highest BCUT2D eigenvalue weighted by molar-refractivity contribution is 5.78. The molecule has 25 heavy (non-hydrogen) atoms. The summed E-state index contributed by atoms with van der Waals surface area (Å²) in [6.45, 7) is -0.0365. The second kappa shape index (κ2) is 6.90. The first-order chi connectivity index (χ1) is 11.5. The molecule has 0 aliphatic rings. The molecule has 0 bridgehead atoms. The van der Waals surface area contributed by atoms with Crippen LogP contribution in [0.15, 0.2) is 18.2 Å². The van der Waals surface area contributed by atoms with Crippen molar-refractivity contribution in [3.63, 3.8) is 0 Å². The topological polar surface area (TPSA) is 83.8 Å². The molecule has 0 saturated heterocycles. The first-order valence-electron chi connectivity index (χ1n) is 7.08. The highest BCUT2D eigenvalue weighted by Crippen LogP contribution is 2.41. The Labute approximate surface area is 137 Å². The molecule has 1 aromatic carbocycles. The largest absolute Gasteiger partial charge is 0.400 e. The van der Waals surface area contributed by atoms with Crippen LogP contribution in [0.4, 0.5) is 26.3 Å². The Hall–Kier alpha value is -2.30. The van der Waals surface area contributed by atoms with Crippen molar-refractivity contribution in [2.45, 2.75) is 31.9 Å². The number of hydrogen-bond acceptors (Lipinski definition) is 3. The number of carbonyl (C=O) groups is 1. The van der Waals surface area contributed by atoms with E-state index in [1.54, 1.807) is 18.2 Å². The Kier molecular flexibility index (Phi) is 5.26. The van der Waals surface area contributed by atoms with Gasteiger partial charge in [-0.25, -0.2) is 4.98 Å². The minimum absolute atomic E-state index is 0.178. The van der Waals surface area contributed by atoms with Crippen LogP contribution in [0.5, 0.6) is 0 Å². The third-order valence-corrected chi connectivity index (χ3v) is 3.46. The van der Waals surface area contributed by atoms with E-state index >= 15 is 0 Å². The van der Waals surface area contributed by atoms with Crippen LogP contribution in [0.25, 0.3) is 11.0 Å². The average molecular weight is 368 g/mol. The van der Waals surface area contributed by atoms with E-state index in [4.69, 9.17) is 5.73 Å². The molecule has 1 aromatic heterocycles.